The van der Waals surface area contributed by atoms with Gasteiger partial charge in [-0.05, 0) is 43.3 Å². The number of nitrogens with zero attached hydrogens (tertiary/aromatic N) is 1. The van der Waals surface area contributed by atoms with E-state index >= 15 is 0 Å². The molecule has 106 valence electrons. The highest BCUT2D eigenvalue weighted by Gasteiger charge is 2.10. The number of halogens is 1. The summed E-state index contributed by atoms with van der Waals surface area (Å²) in [6.45, 7) is 1.97. The Morgan fingerprint density at radius 2 is 1.86 bits per heavy atom. The Morgan fingerprint density at radius 3 is 2.62 bits per heavy atom. The Labute approximate surface area is 130 Å². The summed E-state index contributed by atoms with van der Waals surface area (Å²) in [5.74, 6) is 0.626. The second-order valence-electron chi connectivity index (χ2n) is 4.84. The highest BCUT2D eigenvalue weighted by Crippen LogP contribution is 2.19. The predicted octanol–water partition coefficient (Wildman–Crippen LogP) is 3.86. The van der Waals surface area contributed by atoms with E-state index in [2.05, 4.69) is 31.2 Å². The van der Waals surface area contributed by atoms with Gasteiger partial charge in [0.1, 0.15) is 5.82 Å². The zero-order valence-electron chi connectivity index (χ0n) is 11.4. The number of hydrogen-bond donors (Lipinski definition) is 2. The average Bonchev–Trinajstić information content (AvgIpc) is 2.49. The van der Waals surface area contributed by atoms with Crippen LogP contribution in [0.1, 0.15) is 18.8 Å². The van der Waals surface area contributed by atoms with E-state index in [1.54, 1.807) is 6.07 Å². The molecule has 0 saturated carbocycles. The van der Waals surface area contributed by atoms with Gasteiger partial charge in [0.25, 0.3) is 5.56 Å². The monoisotopic (exact) mass is 343 g/mol. The molecule has 0 aliphatic rings. The Kier molecular flexibility index (Phi) is 3.75. The third-order valence-corrected chi connectivity index (χ3v) is 3.80. The minimum absolute atomic E-state index is 0.0940. The normalized spacial score (nSPS) is 12.3. The van der Waals surface area contributed by atoms with Crippen LogP contribution in [0, 0.1) is 0 Å². The van der Waals surface area contributed by atoms with Crippen molar-refractivity contribution >= 4 is 32.5 Å². The van der Waals surface area contributed by atoms with Gasteiger partial charge in [0.05, 0.1) is 16.9 Å². The van der Waals surface area contributed by atoms with E-state index in [1.165, 1.54) is 0 Å². The van der Waals surface area contributed by atoms with Gasteiger partial charge in [-0.3, -0.25) is 4.79 Å². The van der Waals surface area contributed by atoms with E-state index in [9.17, 15) is 4.79 Å². The van der Waals surface area contributed by atoms with Crippen LogP contribution in [0.5, 0.6) is 0 Å². The molecule has 0 unspecified atom stereocenters. The van der Waals surface area contributed by atoms with Crippen molar-refractivity contribution in [1.82, 2.24) is 9.97 Å². The van der Waals surface area contributed by atoms with Crippen molar-refractivity contribution in [3.05, 3.63) is 69.2 Å². The number of aromatic amines is 1. The van der Waals surface area contributed by atoms with E-state index in [1.807, 2.05) is 49.4 Å². The van der Waals surface area contributed by atoms with E-state index in [0.29, 0.717) is 16.7 Å². The molecular formula is C16H14BrN3O. The van der Waals surface area contributed by atoms with Gasteiger partial charge in [-0.1, -0.05) is 28.1 Å². The maximum absolute atomic E-state index is 12.1. The molecule has 2 aromatic carbocycles. The van der Waals surface area contributed by atoms with Crippen LogP contribution in [0.25, 0.3) is 10.9 Å². The van der Waals surface area contributed by atoms with Gasteiger partial charge in [0.15, 0.2) is 0 Å². The fourth-order valence-electron chi connectivity index (χ4n) is 2.17. The van der Waals surface area contributed by atoms with Gasteiger partial charge in [-0.25, -0.2) is 4.98 Å². The van der Waals surface area contributed by atoms with Crippen LogP contribution in [0.3, 0.4) is 0 Å². The Morgan fingerprint density at radius 1 is 1.14 bits per heavy atom. The lowest BCUT2D eigenvalue weighted by molar-refractivity contribution is 0.791. The number of aromatic nitrogens is 2. The lowest BCUT2D eigenvalue weighted by atomic mass is 10.2. The summed E-state index contributed by atoms with van der Waals surface area (Å²) < 4.78 is 1.03. The van der Waals surface area contributed by atoms with Crippen LogP contribution in [0.4, 0.5) is 5.69 Å². The molecule has 21 heavy (non-hydrogen) atoms. The minimum Gasteiger partial charge on any atom is -0.375 e. The Hall–Kier alpha value is -2.14. The number of hydrogen-bond acceptors (Lipinski definition) is 3. The lowest BCUT2D eigenvalue weighted by Gasteiger charge is -2.15. The van der Waals surface area contributed by atoms with Crippen molar-refractivity contribution in [3.63, 3.8) is 0 Å². The molecule has 0 fully saturated rings. The number of nitrogens with one attached hydrogen (secondary N) is 2. The van der Waals surface area contributed by atoms with Crippen LogP contribution in [-0.2, 0) is 0 Å². The smallest absolute Gasteiger partial charge is 0.258 e. The molecule has 0 aliphatic heterocycles. The van der Waals surface area contributed by atoms with E-state index in [0.717, 1.165) is 10.2 Å². The molecule has 0 aliphatic carbocycles. The third kappa shape index (κ3) is 2.97. The first-order valence-electron chi connectivity index (χ1n) is 6.64. The van der Waals surface area contributed by atoms with Gasteiger partial charge >= 0.3 is 0 Å². The number of H-pyrrole nitrogens is 1. The molecule has 5 heteroatoms. The average molecular weight is 344 g/mol. The number of anilines is 1. The Bertz CT molecular complexity index is 827. The van der Waals surface area contributed by atoms with Crippen molar-refractivity contribution in [1.29, 1.82) is 0 Å². The first-order valence-corrected chi connectivity index (χ1v) is 7.44. The second-order valence-corrected chi connectivity index (χ2v) is 5.76. The molecule has 0 saturated heterocycles. The van der Waals surface area contributed by atoms with E-state index in [4.69, 9.17) is 0 Å². The molecule has 4 nitrogen and oxygen atoms in total. The molecule has 0 radical (unpaired) electrons. The van der Waals surface area contributed by atoms with Crippen molar-refractivity contribution in [2.75, 3.05) is 5.32 Å². The predicted molar refractivity (Wildman–Crippen MR) is 88.5 cm³/mol. The van der Waals surface area contributed by atoms with Crippen LogP contribution >= 0.6 is 15.9 Å². The SMILES string of the molecule is C[C@@H](Nc1ccc(Br)cc1)c1nc2ccccc2c(=O)[nH]1. The summed E-state index contributed by atoms with van der Waals surface area (Å²) in [5, 5.41) is 3.93. The van der Waals surface area contributed by atoms with Crippen LogP contribution in [-0.4, -0.2) is 9.97 Å². The van der Waals surface area contributed by atoms with E-state index < -0.39 is 0 Å². The van der Waals surface area contributed by atoms with Crippen molar-refractivity contribution in [2.45, 2.75) is 13.0 Å². The Balaban J connectivity index is 1.92. The highest BCUT2D eigenvalue weighted by molar-refractivity contribution is 9.10. The summed E-state index contributed by atoms with van der Waals surface area (Å²) in [6.07, 6.45) is 0. The summed E-state index contributed by atoms with van der Waals surface area (Å²) in [5.41, 5.74) is 1.57. The van der Waals surface area contributed by atoms with Crippen LogP contribution in [0.15, 0.2) is 57.8 Å². The molecular weight excluding hydrogens is 330 g/mol. The maximum Gasteiger partial charge on any atom is 0.258 e. The molecule has 0 amide bonds. The number of benzene rings is 2. The van der Waals surface area contributed by atoms with Gasteiger partial charge in [-0.15, -0.1) is 0 Å². The van der Waals surface area contributed by atoms with Gasteiger partial charge in [-0.2, -0.15) is 0 Å². The lowest BCUT2D eigenvalue weighted by Crippen LogP contribution is -2.17. The largest absolute Gasteiger partial charge is 0.375 e. The summed E-state index contributed by atoms with van der Waals surface area (Å²) in [4.78, 5) is 19.4. The number of para-hydroxylation sites is 1. The minimum atomic E-state index is -0.111. The first kappa shape index (κ1) is 13.8. The topological polar surface area (TPSA) is 57.8 Å². The molecule has 0 bridgehead atoms. The summed E-state index contributed by atoms with van der Waals surface area (Å²) in [7, 11) is 0. The van der Waals surface area contributed by atoms with Crippen molar-refractivity contribution in [3.8, 4) is 0 Å². The maximum atomic E-state index is 12.1. The molecule has 3 rings (SSSR count). The fraction of sp³-hybridized carbons (Fsp3) is 0.125. The van der Waals surface area contributed by atoms with Crippen molar-refractivity contribution < 1.29 is 0 Å². The van der Waals surface area contributed by atoms with Crippen LogP contribution in [0.2, 0.25) is 0 Å². The molecule has 1 heterocycles. The van der Waals surface area contributed by atoms with Gasteiger partial charge in [0.2, 0.25) is 0 Å². The highest BCUT2D eigenvalue weighted by atomic mass is 79.9. The molecule has 0 spiro atoms. The quantitative estimate of drug-likeness (QED) is 0.759. The van der Waals surface area contributed by atoms with E-state index in [-0.39, 0.29) is 11.6 Å². The second kappa shape index (κ2) is 5.69. The van der Waals surface area contributed by atoms with Crippen molar-refractivity contribution in [2.24, 2.45) is 0 Å². The fourth-order valence-corrected chi connectivity index (χ4v) is 2.44. The number of fused-ring (bicyclic) bond motifs is 1. The third-order valence-electron chi connectivity index (χ3n) is 3.27. The molecule has 1 atom stereocenters. The summed E-state index contributed by atoms with van der Waals surface area (Å²) >= 11 is 3.41. The number of rotatable bonds is 3. The molecule has 1 aromatic heterocycles. The zero-order chi connectivity index (χ0) is 14.8. The van der Waals surface area contributed by atoms with Gasteiger partial charge < -0.3 is 10.3 Å². The molecule has 2 N–H and O–H groups in total. The first-order chi connectivity index (χ1) is 10.1. The van der Waals surface area contributed by atoms with Gasteiger partial charge in [0, 0.05) is 10.2 Å². The standard InChI is InChI=1S/C16H14BrN3O/c1-10(18-12-8-6-11(17)7-9-12)15-19-14-5-3-2-4-13(14)16(21)20-15/h2-10,18H,1H3,(H,19,20,21)/t10-/m1/s1. The summed E-state index contributed by atoms with van der Waals surface area (Å²) in [6, 6.07) is 15.1. The molecule has 3 aromatic rings. The van der Waals surface area contributed by atoms with Crippen LogP contribution < -0.4 is 10.9 Å². The zero-order valence-corrected chi connectivity index (χ0v) is 13.0.